The Hall–Kier alpha value is -2.85. The molecule has 1 N–H and O–H groups in total. The molecule has 7 heteroatoms. The monoisotopic (exact) mass is 424 g/mol. The minimum Gasteiger partial charge on any atom is -0.492 e. The molecule has 0 saturated carbocycles. The maximum Gasteiger partial charge on any atom is 0.317 e. The van der Waals surface area contributed by atoms with E-state index in [9.17, 15) is 4.79 Å². The largest absolute Gasteiger partial charge is 0.492 e. The molecule has 3 rings (SSSR count). The first-order valence-electron chi connectivity index (χ1n) is 10.3. The highest BCUT2D eigenvalue weighted by Crippen LogP contribution is 2.28. The van der Waals surface area contributed by atoms with E-state index >= 15 is 0 Å². The van der Waals surface area contributed by atoms with E-state index in [0.717, 1.165) is 47.2 Å². The van der Waals surface area contributed by atoms with Gasteiger partial charge in [-0.25, -0.2) is 4.79 Å². The predicted molar refractivity (Wildman–Crippen MR) is 122 cm³/mol. The summed E-state index contributed by atoms with van der Waals surface area (Å²) in [5.41, 5.74) is 2.85. The molecule has 6 nitrogen and oxygen atoms in total. The van der Waals surface area contributed by atoms with Crippen LogP contribution >= 0.6 is 11.8 Å². The number of nitriles is 1. The highest BCUT2D eigenvalue weighted by molar-refractivity contribution is 7.98. The molecule has 1 heterocycles. The fourth-order valence-electron chi connectivity index (χ4n) is 3.43. The normalized spacial score (nSPS) is 13.6. The van der Waals surface area contributed by atoms with Gasteiger partial charge < -0.3 is 19.9 Å². The SMILES string of the molecule is CCOc1ccccc1N1CCN(C(=O)NCCSCc2ccccc2C#N)CC1. The number of rotatable bonds is 8. The van der Waals surface area contributed by atoms with Gasteiger partial charge in [0.05, 0.1) is 23.9 Å². The molecule has 30 heavy (non-hydrogen) atoms. The second-order valence-electron chi connectivity index (χ2n) is 6.93. The smallest absolute Gasteiger partial charge is 0.317 e. The van der Waals surface area contributed by atoms with Crippen molar-refractivity contribution in [3.63, 3.8) is 0 Å². The van der Waals surface area contributed by atoms with Crippen LogP contribution < -0.4 is 15.0 Å². The molecule has 0 radical (unpaired) electrons. The summed E-state index contributed by atoms with van der Waals surface area (Å²) in [6, 6.07) is 17.9. The summed E-state index contributed by atoms with van der Waals surface area (Å²) in [6.07, 6.45) is 0. The minimum absolute atomic E-state index is 0.00855. The van der Waals surface area contributed by atoms with E-state index in [1.165, 1.54) is 0 Å². The highest BCUT2D eigenvalue weighted by Gasteiger charge is 2.22. The molecule has 158 valence electrons. The van der Waals surface area contributed by atoms with Gasteiger partial charge in [0.15, 0.2) is 0 Å². The zero-order valence-corrected chi connectivity index (χ0v) is 18.2. The lowest BCUT2D eigenvalue weighted by Crippen LogP contribution is -2.52. The van der Waals surface area contributed by atoms with E-state index in [4.69, 9.17) is 10.00 Å². The molecule has 1 saturated heterocycles. The molecule has 2 amide bonds. The van der Waals surface area contributed by atoms with Crippen molar-refractivity contribution in [3.8, 4) is 11.8 Å². The van der Waals surface area contributed by atoms with E-state index in [2.05, 4.69) is 22.4 Å². The van der Waals surface area contributed by atoms with Crippen molar-refractivity contribution in [3.05, 3.63) is 59.7 Å². The maximum atomic E-state index is 12.5. The first kappa shape index (κ1) is 21.8. The van der Waals surface area contributed by atoms with Crippen molar-refractivity contribution in [1.82, 2.24) is 10.2 Å². The number of anilines is 1. The molecule has 2 aromatic carbocycles. The Labute approximate surface area is 182 Å². The van der Waals surface area contributed by atoms with E-state index < -0.39 is 0 Å². The number of hydrogen-bond donors (Lipinski definition) is 1. The predicted octanol–water partition coefficient (Wildman–Crippen LogP) is 3.72. The van der Waals surface area contributed by atoms with Crippen molar-refractivity contribution in [2.45, 2.75) is 12.7 Å². The first-order chi connectivity index (χ1) is 14.7. The number of carbonyl (C=O) groups is 1. The molecule has 1 aliphatic heterocycles. The first-order valence-corrected chi connectivity index (χ1v) is 11.4. The van der Waals surface area contributed by atoms with Gasteiger partial charge in [-0.05, 0) is 30.7 Å². The Morgan fingerprint density at radius 1 is 1.13 bits per heavy atom. The average molecular weight is 425 g/mol. The Morgan fingerprint density at radius 3 is 2.63 bits per heavy atom. The van der Waals surface area contributed by atoms with Crippen LogP contribution in [0.15, 0.2) is 48.5 Å². The number of carbonyl (C=O) groups excluding carboxylic acids is 1. The summed E-state index contributed by atoms with van der Waals surface area (Å²) in [7, 11) is 0. The third kappa shape index (κ3) is 5.83. The highest BCUT2D eigenvalue weighted by atomic mass is 32.2. The number of hydrogen-bond acceptors (Lipinski definition) is 5. The molecular weight excluding hydrogens is 396 g/mol. The van der Waals surface area contributed by atoms with Gasteiger partial charge >= 0.3 is 6.03 Å². The summed E-state index contributed by atoms with van der Waals surface area (Å²) in [5.74, 6) is 2.48. The van der Waals surface area contributed by atoms with Crippen LogP contribution in [-0.2, 0) is 5.75 Å². The van der Waals surface area contributed by atoms with Crippen molar-refractivity contribution < 1.29 is 9.53 Å². The maximum absolute atomic E-state index is 12.5. The van der Waals surface area contributed by atoms with Crippen molar-refractivity contribution in [2.24, 2.45) is 0 Å². The van der Waals surface area contributed by atoms with Crippen LogP contribution in [0.1, 0.15) is 18.1 Å². The van der Waals surface area contributed by atoms with Gasteiger partial charge in [0.1, 0.15) is 5.75 Å². The van der Waals surface area contributed by atoms with Crippen molar-refractivity contribution in [2.75, 3.05) is 50.0 Å². The third-order valence-corrected chi connectivity index (χ3v) is 6.00. The number of thioether (sulfide) groups is 1. The number of nitrogens with one attached hydrogen (secondary N) is 1. The summed E-state index contributed by atoms with van der Waals surface area (Å²) in [5, 5.41) is 12.2. The lowest BCUT2D eigenvalue weighted by atomic mass is 10.1. The van der Waals surface area contributed by atoms with Crippen LogP contribution in [0.25, 0.3) is 0 Å². The molecule has 0 bridgehead atoms. The minimum atomic E-state index is -0.00855. The van der Waals surface area contributed by atoms with Gasteiger partial charge in [-0.15, -0.1) is 0 Å². The fourth-order valence-corrected chi connectivity index (χ4v) is 4.29. The zero-order valence-electron chi connectivity index (χ0n) is 17.3. The lowest BCUT2D eigenvalue weighted by molar-refractivity contribution is 0.195. The number of benzene rings is 2. The molecule has 1 aliphatic rings. The van der Waals surface area contributed by atoms with Gasteiger partial charge in [0.2, 0.25) is 0 Å². The summed E-state index contributed by atoms with van der Waals surface area (Å²) in [6.45, 7) is 6.20. The van der Waals surface area contributed by atoms with Gasteiger partial charge in [-0.2, -0.15) is 17.0 Å². The molecule has 0 aromatic heterocycles. The summed E-state index contributed by atoms with van der Waals surface area (Å²) in [4.78, 5) is 16.6. The summed E-state index contributed by atoms with van der Waals surface area (Å²) < 4.78 is 5.73. The molecule has 0 atom stereocenters. The molecule has 0 unspecified atom stereocenters. The standard InChI is InChI=1S/C23H28N4O2S/c1-2-29-22-10-6-5-9-21(22)26-12-14-27(15-13-26)23(28)25-11-16-30-18-20-8-4-3-7-19(20)17-24/h3-10H,2,11-16,18H2,1H3,(H,25,28). The Morgan fingerprint density at radius 2 is 1.87 bits per heavy atom. The Kier molecular flexibility index (Phi) is 8.28. The molecule has 2 aromatic rings. The number of nitrogens with zero attached hydrogens (tertiary/aromatic N) is 3. The molecule has 0 aliphatic carbocycles. The molecule has 1 fully saturated rings. The lowest BCUT2D eigenvalue weighted by Gasteiger charge is -2.36. The van der Waals surface area contributed by atoms with Crippen LogP contribution in [0.2, 0.25) is 0 Å². The van der Waals surface area contributed by atoms with Gasteiger partial charge in [-0.3, -0.25) is 0 Å². The van der Waals surface area contributed by atoms with Gasteiger partial charge in [-0.1, -0.05) is 30.3 Å². The van der Waals surface area contributed by atoms with E-state index in [-0.39, 0.29) is 6.03 Å². The van der Waals surface area contributed by atoms with Crippen LogP contribution in [0, 0.1) is 11.3 Å². The molecular formula is C23H28N4O2S. The third-order valence-electron chi connectivity index (χ3n) is 4.99. The van der Waals surface area contributed by atoms with Crippen LogP contribution in [0.3, 0.4) is 0 Å². The van der Waals surface area contributed by atoms with E-state index in [0.29, 0.717) is 26.2 Å². The zero-order chi connectivity index (χ0) is 21.2. The van der Waals surface area contributed by atoms with Crippen molar-refractivity contribution >= 4 is 23.5 Å². The number of para-hydroxylation sites is 2. The van der Waals surface area contributed by atoms with Crippen LogP contribution in [-0.4, -0.2) is 56.0 Å². The quantitative estimate of drug-likeness (QED) is 0.654. The van der Waals surface area contributed by atoms with Crippen LogP contribution in [0.5, 0.6) is 5.75 Å². The fraction of sp³-hybridized carbons (Fsp3) is 0.391. The van der Waals surface area contributed by atoms with Gasteiger partial charge in [0, 0.05) is 44.2 Å². The average Bonchev–Trinajstić information content (AvgIpc) is 2.80. The van der Waals surface area contributed by atoms with E-state index in [1.54, 1.807) is 11.8 Å². The second kappa shape index (κ2) is 11.4. The number of urea groups is 1. The van der Waals surface area contributed by atoms with Crippen LogP contribution in [0.4, 0.5) is 10.5 Å². The molecule has 0 spiro atoms. The Bertz CT molecular complexity index is 876. The second-order valence-corrected chi connectivity index (χ2v) is 8.03. The summed E-state index contributed by atoms with van der Waals surface area (Å²) >= 11 is 1.72. The Balaban J connectivity index is 1.38. The number of piperazine rings is 1. The van der Waals surface area contributed by atoms with E-state index in [1.807, 2.05) is 54.3 Å². The van der Waals surface area contributed by atoms with Crippen molar-refractivity contribution in [1.29, 1.82) is 5.26 Å². The van der Waals surface area contributed by atoms with Gasteiger partial charge in [0.25, 0.3) is 0 Å². The number of amides is 2. The topological polar surface area (TPSA) is 68.6 Å². The number of ether oxygens (including phenoxy) is 1.